The maximum atomic E-state index is 12.8. The minimum atomic E-state index is -0.487. The van der Waals surface area contributed by atoms with Gasteiger partial charge in [-0.2, -0.15) is 0 Å². The monoisotopic (exact) mass is 336 g/mol. The predicted molar refractivity (Wildman–Crippen MR) is 99.5 cm³/mol. The molecule has 1 fully saturated rings. The number of hydrogen-bond donors (Lipinski definition) is 2. The molecule has 1 rings (SSSR count). The fourth-order valence-corrected chi connectivity index (χ4v) is 3.64. The molecule has 0 aromatic heterocycles. The Morgan fingerprint density at radius 2 is 1.79 bits per heavy atom. The van der Waals surface area contributed by atoms with Crippen LogP contribution in [0.1, 0.15) is 67.2 Å². The van der Waals surface area contributed by atoms with Crippen molar-refractivity contribution in [3.05, 3.63) is 12.2 Å². The van der Waals surface area contributed by atoms with Crippen molar-refractivity contribution in [1.29, 1.82) is 0 Å². The third-order valence-corrected chi connectivity index (χ3v) is 5.07. The van der Waals surface area contributed by atoms with Crippen LogP contribution in [0, 0.1) is 23.7 Å². The molecule has 1 saturated carbocycles. The van der Waals surface area contributed by atoms with Crippen LogP contribution in [0.4, 0.5) is 0 Å². The molecule has 2 amide bonds. The van der Waals surface area contributed by atoms with E-state index in [-0.39, 0.29) is 17.9 Å². The lowest BCUT2D eigenvalue weighted by molar-refractivity contribution is -0.129. The van der Waals surface area contributed by atoms with Gasteiger partial charge in [-0.05, 0) is 49.9 Å². The van der Waals surface area contributed by atoms with Gasteiger partial charge in [0.1, 0.15) is 6.04 Å². The molecule has 0 aromatic rings. The fourth-order valence-electron chi connectivity index (χ4n) is 3.64. The molecule has 0 aromatic carbocycles. The summed E-state index contributed by atoms with van der Waals surface area (Å²) in [7, 11) is 0. The molecule has 0 spiro atoms. The van der Waals surface area contributed by atoms with Crippen molar-refractivity contribution in [2.45, 2.75) is 79.3 Å². The molecule has 0 saturated heterocycles. The van der Waals surface area contributed by atoms with Gasteiger partial charge in [0.05, 0.1) is 0 Å². The van der Waals surface area contributed by atoms with Gasteiger partial charge in [0.25, 0.3) is 0 Å². The number of rotatable bonds is 7. The Bertz CT molecular complexity index is 457. The Hall–Kier alpha value is -1.32. The van der Waals surface area contributed by atoms with E-state index in [0.717, 1.165) is 12.8 Å². The molecule has 0 bridgehead atoms. The first-order chi connectivity index (χ1) is 11.1. The molecule has 4 heteroatoms. The minimum Gasteiger partial charge on any atom is -0.351 e. The van der Waals surface area contributed by atoms with Crippen LogP contribution in [-0.2, 0) is 9.59 Å². The van der Waals surface area contributed by atoms with Gasteiger partial charge in [0.15, 0.2) is 0 Å². The topological polar surface area (TPSA) is 58.2 Å². The van der Waals surface area contributed by atoms with E-state index in [0.29, 0.717) is 35.7 Å². The van der Waals surface area contributed by atoms with Crippen LogP contribution < -0.4 is 10.6 Å². The molecule has 0 radical (unpaired) electrons. The Labute approximate surface area is 147 Å². The van der Waals surface area contributed by atoms with Gasteiger partial charge in [0, 0.05) is 11.6 Å². The molecule has 0 heterocycles. The molecule has 4 nitrogen and oxygen atoms in total. The first kappa shape index (κ1) is 20.7. The molecule has 0 aliphatic heterocycles. The van der Waals surface area contributed by atoms with Crippen molar-refractivity contribution in [3.8, 4) is 0 Å². The molecular formula is C20H36N2O2. The molecule has 24 heavy (non-hydrogen) atoms. The normalized spacial score (nSPS) is 25.4. The van der Waals surface area contributed by atoms with Crippen LogP contribution in [0.2, 0.25) is 0 Å². The van der Waals surface area contributed by atoms with Crippen LogP contribution >= 0.6 is 0 Å². The zero-order valence-electron chi connectivity index (χ0n) is 16.3. The second-order valence-electron chi connectivity index (χ2n) is 8.38. The van der Waals surface area contributed by atoms with Gasteiger partial charge >= 0.3 is 0 Å². The summed E-state index contributed by atoms with van der Waals surface area (Å²) in [6.45, 7) is 16.2. The molecule has 3 unspecified atom stereocenters. The van der Waals surface area contributed by atoms with E-state index >= 15 is 0 Å². The largest absolute Gasteiger partial charge is 0.351 e. The summed E-state index contributed by atoms with van der Waals surface area (Å²) in [5, 5.41) is 6.09. The van der Waals surface area contributed by atoms with Crippen LogP contribution in [-0.4, -0.2) is 23.9 Å². The maximum absolute atomic E-state index is 12.8. The second kappa shape index (κ2) is 9.24. The van der Waals surface area contributed by atoms with Crippen LogP contribution in [0.15, 0.2) is 12.2 Å². The fraction of sp³-hybridized carbons (Fsp3) is 0.800. The van der Waals surface area contributed by atoms with Crippen LogP contribution in [0.3, 0.4) is 0 Å². The molecule has 138 valence electrons. The third-order valence-electron chi connectivity index (χ3n) is 5.07. The van der Waals surface area contributed by atoms with E-state index in [4.69, 9.17) is 0 Å². The summed E-state index contributed by atoms with van der Waals surface area (Å²) in [6.07, 6.45) is 4.06. The van der Waals surface area contributed by atoms with Crippen molar-refractivity contribution in [2.24, 2.45) is 23.7 Å². The highest BCUT2D eigenvalue weighted by molar-refractivity contribution is 5.96. The Morgan fingerprint density at radius 3 is 2.29 bits per heavy atom. The number of nitrogens with one attached hydrogen (secondary N) is 2. The maximum Gasteiger partial charge on any atom is 0.246 e. The lowest BCUT2D eigenvalue weighted by Crippen LogP contribution is -2.53. The first-order valence-corrected chi connectivity index (χ1v) is 9.38. The number of hydrogen-bond acceptors (Lipinski definition) is 2. The minimum absolute atomic E-state index is 0.0527. The lowest BCUT2D eigenvalue weighted by atomic mass is 9.74. The van der Waals surface area contributed by atoms with Crippen LogP contribution in [0.5, 0.6) is 0 Å². The highest BCUT2D eigenvalue weighted by Crippen LogP contribution is 2.33. The van der Waals surface area contributed by atoms with Crippen molar-refractivity contribution in [1.82, 2.24) is 10.6 Å². The highest BCUT2D eigenvalue weighted by atomic mass is 16.2. The molecular weight excluding hydrogens is 300 g/mol. The quantitative estimate of drug-likeness (QED) is 0.697. The summed E-state index contributed by atoms with van der Waals surface area (Å²) >= 11 is 0. The standard InChI is InChI=1S/C20H36N2O2/c1-12(2)10-18(22-19(23)14(5)6)20(24)21-17-11-15(7)8-9-16(17)13(3)4/h12-13,15-18H,5,8-11H2,1-4,6-7H3,(H,21,24)(H,22,23)/t15?,16?,17?,18-/m0/s1. The number of carbonyl (C=O) groups is 2. The summed E-state index contributed by atoms with van der Waals surface area (Å²) in [5.74, 6) is 1.74. The van der Waals surface area contributed by atoms with Crippen molar-refractivity contribution < 1.29 is 9.59 Å². The molecule has 1 aliphatic carbocycles. The average molecular weight is 337 g/mol. The second-order valence-corrected chi connectivity index (χ2v) is 8.38. The molecule has 4 atom stereocenters. The Morgan fingerprint density at radius 1 is 1.17 bits per heavy atom. The average Bonchev–Trinajstić information content (AvgIpc) is 2.45. The smallest absolute Gasteiger partial charge is 0.246 e. The molecule has 2 N–H and O–H groups in total. The summed E-state index contributed by atoms with van der Waals surface area (Å²) in [5.41, 5.74) is 0.433. The van der Waals surface area contributed by atoms with Crippen molar-refractivity contribution in [2.75, 3.05) is 0 Å². The third kappa shape index (κ3) is 6.29. The van der Waals surface area contributed by atoms with Gasteiger partial charge < -0.3 is 10.6 Å². The zero-order chi connectivity index (χ0) is 18.4. The number of amides is 2. The Kier molecular flexibility index (Phi) is 7.98. The summed E-state index contributed by atoms with van der Waals surface area (Å²) < 4.78 is 0. The molecule has 1 aliphatic rings. The summed E-state index contributed by atoms with van der Waals surface area (Å²) in [6, 6.07) is -0.281. The van der Waals surface area contributed by atoms with E-state index in [9.17, 15) is 9.59 Å². The van der Waals surface area contributed by atoms with Crippen molar-refractivity contribution in [3.63, 3.8) is 0 Å². The van der Waals surface area contributed by atoms with E-state index in [1.807, 2.05) is 0 Å². The lowest BCUT2D eigenvalue weighted by Gasteiger charge is -2.38. The van der Waals surface area contributed by atoms with Gasteiger partial charge in [-0.25, -0.2) is 0 Å². The van der Waals surface area contributed by atoms with Gasteiger partial charge in [-0.1, -0.05) is 47.6 Å². The van der Waals surface area contributed by atoms with E-state index in [1.54, 1.807) is 6.92 Å². The van der Waals surface area contributed by atoms with Crippen LogP contribution in [0.25, 0.3) is 0 Å². The summed E-state index contributed by atoms with van der Waals surface area (Å²) in [4.78, 5) is 24.8. The first-order valence-electron chi connectivity index (χ1n) is 9.38. The van der Waals surface area contributed by atoms with E-state index in [2.05, 4.69) is 51.8 Å². The van der Waals surface area contributed by atoms with Gasteiger partial charge in [-0.3, -0.25) is 9.59 Å². The predicted octanol–water partition coefficient (Wildman–Crippen LogP) is 3.67. The van der Waals surface area contributed by atoms with E-state index in [1.165, 1.54) is 6.42 Å². The van der Waals surface area contributed by atoms with Crippen molar-refractivity contribution >= 4 is 11.8 Å². The Balaban J connectivity index is 2.80. The number of carbonyl (C=O) groups excluding carboxylic acids is 2. The zero-order valence-corrected chi connectivity index (χ0v) is 16.3. The highest BCUT2D eigenvalue weighted by Gasteiger charge is 2.33. The van der Waals surface area contributed by atoms with E-state index < -0.39 is 6.04 Å². The van der Waals surface area contributed by atoms with Gasteiger partial charge in [-0.15, -0.1) is 0 Å². The van der Waals surface area contributed by atoms with Gasteiger partial charge in [0.2, 0.25) is 11.8 Å². The SMILES string of the molecule is C=C(C)C(=O)N[C@@H](CC(C)C)C(=O)NC1CC(C)CCC1C(C)C.